The van der Waals surface area contributed by atoms with Gasteiger partial charge in [0.15, 0.2) is 0 Å². The van der Waals surface area contributed by atoms with Gasteiger partial charge in [-0.3, -0.25) is 0 Å². The van der Waals surface area contributed by atoms with Gasteiger partial charge in [-0.1, -0.05) is 61.4 Å². The summed E-state index contributed by atoms with van der Waals surface area (Å²) < 4.78 is 12.5. The Bertz CT molecular complexity index is 885. The van der Waals surface area contributed by atoms with Crippen molar-refractivity contribution in [3.05, 3.63) is 58.7 Å². The van der Waals surface area contributed by atoms with E-state index in [0.29, 0.717) is 10.8 Å². The minimum atomic E-state index is -0.0163. The lowest BCUT2D eigenvalue weighted by molar-refractivity contribution is 0.0651. The number of ether oxygens (including phenoxy) is 2. The van der Waals surface area contributed by atoms with Crippen LogP contribution in [0.1, 0.15) is 74.6 Å². The Morgan fingerprint density at radius 2 is 1.10 bits per heavy atom. The Morgan fingerprint density at radius 1 is 0.677 bits per heavy atom. The second kappa shape index (κ2) is 7.74. The van der Waals surface area contributed by atoms with Crippen molar-refractivity contribution < 1.29 is 9.47 Å². The molecule has 0 radical (unpaired) electrons. The molecule has 0 aromatic heterocycles. The van der Waals surface area contributed by atoms with Crippen molar-refractivity contribution in [2.45, 2.75) is 71.6 Å². The molecule has 2 aromatic carbocycles. The maximum atomic E-state index is 6.27. The average Bonchev–Trinajstić information content (AvgIpc) is 3.65. The molecule has 5 rings (SSSR count). The largest absolute Gasteiger partial charge is 0.381 e. The van der Waals surface area contributed by atoms with Gasteiger partial charge in [0.1, 0.15) is 0 Å². The molecule has 2 nitrogen and oxygen atoms in total. The highest BCUT2D eigenvalue weighted by molar-refractivity contribution is 5.81. The molecular formula is C29H38O2. The smallest absolute Gasteiger partial charge is 0.0519 e. The van der Waals surface area contributed by atoms with Gasteiger partial charge in [-0.05, 0) is 85.5 Å². The van der Waals surface area contributed by atoms with E-state index in [-0.39, 0.29) is 5.41 Å². The number of benzene rings is 2. The molecule has 0 N–H and O–H groups in total. The van der Waals surface area contributed by atoms with Gasteiger partial charge in [0.05, 0.1) is 13.2 Å². The summed E-state index contributed by atoms with van der Waals surface area (Å²) >= 11 is 0. The highest BCUT2D eigenvalue weighted by Crippen LogP contribution is 2.54. The van der Waals surface area contributed by atoms with Crippen LogP contribution in [0.2, 0.25) is 0 Å². The topological polar surface area (TPSA) is 18.5 Å². The normalized spacial score (nSPS) is 20.9. The molecular weight excluding hydrogens is 380 g/mol. The summed E-state index contributed by atoms with van der Waals surface area (Å²) in [5.74, 6) is 0. The van der Waals surface area contributed by atoms with Crippen LogP contribution >= 0.6 is 0 Å². The molecule has 0 spiro atoms. The van der Waals surface area contributed by atoms with Crippen LogP contribution in [0, 0.1) is 24.7 Å². The Kier molecular flexibility index (Phi) is 5.30. The van der Waals surface area contributed by atoms with Crippen LogP contribution in [0.5, 0.6) is 0 Å². The van der Waals surface area contributed by atoms with Crippen LogP contribution in [0.4, 0.5) is 0 Å². The van der Waals surface area contributed by atoms with E-state index in [1.54, 1.807) is 0 Å². The highest BCUT2D eigenvalue weighted by atomic mass is 16.5. The van der Waals surface area contributed by atoms with Crippen molar-refractivity contribution in [2.24, 2.45) is 10.8 Å². The standard InChI is InChI=1S/C29H38O2/c1-21-5-7-23-24-8-6-22(2)18-26(24)29(25(23)17-21,13-15-30-19-27(3)9-10-27)14-16-31-20-28(4)11-12-28/h5-8,17-18H,9-16,19-20H2,1-4H3. The fourth-order valence-corrected chi connectivity index (χ4v) is 5.23. The first-order valence-electron chi connectivity index (χ1n) is 12.2. The molecule has 31 heavy (non-hydrogen) atoms. The maximum Gasteiger partial charge on any atom is 0.0519 e. The lowest BCUT2D eigenvalue weighted by Gasteiger charge is -2.33. The maximum absolute atomic E-state index is 6.27. The quantitative estimate of drug-likeness (QED) is 0.387. The zero-order valence-electron chi connectivity index (χ0n) is 19.9. The lowest BCUT2D eigenvalue weighted by Crippen LogP contribution is -2.30. The van der Waals surface area contributed by atoms with Crippen molar-refractivity contribution in [1.29, 1.82) is 0 Å². The number of rotatable bonds is 10. The summed E-state index contributed by atoms with van der Waals surface area (Å²) in [5.41, 5.74) is 9.32. The highest BCUT2D eigenvalue weighted by Gasteiger charge is 2.44. The van der Waals surface area contributed by atoms with Crippen LogP contribution < -0.4 is 0 Å². The van der Waals surface area contributed by atoms with E-state index >= 15 is 0 Å². The molecule has 2 fully saturated rings. The predicted molar refractivity (Wildman–Crippen MR) is 128 cm³/mol. The van der Waals surface area contributed by atoms with Crippen LogP contribution in [0.3, 0.4) is 0 Å². The van der Waals surface area contributed by atoms with Crippen molar-refractivity contribution in [3.8, 4) is 11.1 Å². The van der Waals surface area contributed by atoms with Crippen molar-refractivity contribution in [1.82, 2.24) is 0 Å². The Labute approximate surface area is 188 Å². The van der Waals surface area contributed by atoms with Crippen LogP contribution in [-0.4, -0.2) is 26.4 Å². The van der Waals surface area contributed by atoms with Gasteiger partial charge in [0, 0.05) is 18.6 Å². The minimum Gasteiger partial charge on any atom is -0.381 e. The van der Waals surface area contributed by atoms with Gasteiger partial charge in [0.2, 0.25) is 0 Å². The number of fused-ring (bicyclic) bond motifs is 3. The fourth-order valence-electron chi connectivity index (χ4n) is 5.23. The molecule has 0 unspecified atom stereocenters. The first-order chi connectivity index (χ1) is 14.8. The molecule has 2 aromatic rings. The van der Waals surface area contributed by atoms with Gasteiger partial charge in [-0.15, -0.1) is 0 Å². The van der Waals surface area contributed by atoms with E-state index in [1.165, 1.54) is 59.1 Å². The van der Waals surface area contributed by atoms with Gasteiger partial charge in [-0.25, -0.2) is 0 Å². The summed E-state index contributed by atoms with van der Waals surface area (Å²) in [7, 11) is 0. The molecule has 166 valence electrons. The Morgan fingerprint density at radius 3 is 1.48 bits per heavy atom. The second-order valence-corrected chi connectivity index (χ2v) is 11.4. The van der Waals surface area contributed by atoms with Crippen LogP contribution in [0.25, 0.3) is 11.1 Å². The first-order valence-corrected chi connectivity index (χ1v) is 12.2. The lowest BCUT2D eigenvalue weighted by atomic mass is 9.72. The fraction of sp³-hybridized carbons (Fsp3) is 0.586. The molecule has 3 aliphatic carbocycles. The molecule has 0 saturated heterocycles. The number of aryl methyl sites for hydroxylation is 2. The molecule has 0 amide bonds. The third-order valence-electron chi connectivity index (χ3n) is 8.13. The molecule has 3 aliphatic rings. The van der Waals surface area contributed by atoms with Crippen LogP contribution in [0.15, 0.2) is 36.4 Å². The van der Waals surface area contributed by atoms with Gasteiger partial charge in [0.25, 0.3) is 0 Å². The van der Waals surface area contributed by atoms with Gasteiger partial charge in [-0.2, -0.15) is 0 Å². The SMILES string of the molecule is Cc1ccc2c(c1)C(CCOCC1(C)CC1)(CCOCC1(C)CC1)c1cc(C)ccc1-2. The summed E-state index contributed by atoms with van der Waals surface area (Å²) in [4.78, 5) is 0. The zero-order chi connectivity index (χ0) is 21.7. The first kappa shape index (κ1) is 21.2. The van der Waals surface area contributed by atoms with E-state index < -0.39 is 0 Å². The summed E-state index contributed by atoms with van der Waals surface area (Å²) in [6, 6.07) is 14.0. The zero-order valence-corrected chi connectivity index (χ0v) is 19.9. The van der Waals surface area contributed by atoms with Crippen LogP contribution in [-0.2, 0) is 14.9 Å². The van der Waals surface area contributed by atoms with Gasteiger partial charge >= 0.3 is 0 Å². The predicted octanol–water partition coefficient (Wildman–Crippen LogP) is 6.98. The second-order valence-electron chi connectivity index (χ2n) is 11.4. The third-order valence-corrected chi connectivity index (χ3v) is 8.13. The monoisotopic (exact) mass is 418 g/mol. The van der Waals surface area contributed by atoms with Gasteiger partial charge < -0.3 is 9.47 Å². The summed E-state index contributed by atoms with van der Waals surface area (Å²) in [5, 5.41) is 0. The molecule has 0 bridgehead atoms. The van der Waals surface area contributed by atoms with E-state index in [4.69, 9.17) is 9.47 Å². The summed E-state index contributed by atoms with van der Waals surface area (Å²) in [6.07, 6.45) is 7.31. The number of hydrogen-bond donors (Lipinski definition) is 0. The van der Waals surface area contributed by atoms with Crippen molar-refractivity contribution in [3.63, 3.8) is 0 Å². The van der Waals surface area contributed by atoms with E-state index in [2.05, 4.69) is 64.1 Å². The average molecular weight is 419 g/mol. The van der Waals surface area contributed by atoms with Crippen molar-refractivity contribution >= 4 is 0 Å². The molecule has 0 heterocycles. The van der Waals surface area contributed by atoms with E-state index in [1.807, 2.05) is 0 Å². The molecule has 2 saturated carbocycles. The van der Waals surface area contributed by atoms with Crippen molar-refractivity contribution in [2.75, 3.05) is 26.4 Å². The molecule has 2 heteroatoms. The number of hydrogen-bond acceptors (Lipinski definition) is 2. The molecule has 0 atom stereocenters. The molecule has 0 aliphatic heterocycles. The third kappa shape index (κ3) is 4.22. The summed E-state index contributed by atoms with van der Waals surface area (Å²) in [6.45, 7) is 12.6. The Balaban J connectivity index is 1.44. The van der Waals surface area contributed by atoms with E-state index in [0.717, 1.165) is 39.3 Å². The minimum absolute atomic E-state index is 0.0163. The Hall–Kier alpha value is -1.64. The van der Waals surface area contributed by atoms with E-state index in [9.17, 15) is 0 Å².